The summed E-state index contributed by atoms with van der Waals surface area (Å²) in [6.45, 7) is 6.36. The fourth-order valence-corrected chi connectivity index (χ4v) is 6.02. The van der Waals surface area contributed by atoms with E-state index in [1.165, 1.54) is 46.0 Å². The first-order valence-corrected chi connectivity index (χ1v) is 13.3. The number of nitrogens with one attached hydrogen (secondary N) is 2. The standard InChI is InChI=1S/C24H28N4O3S2/c1-3-17(2)27-33(30,31)20-11-9-19(10-12-20)23(29)26-24-25-21-13-14-28(16-22(21)32-24)15-18-7-5-4-6-8-18/h4-12,17,27H,3,13-16H2,1-2H3,(H,25,26,29). The van der Waals surface area contributed by atoms with Crippen molar-refractivity contribution in [1.82, 2.24) is 14.6 Å². The molecule has 2 N–H and O–H groups in total. The van der Waals surface area contributed by atoms with Gasteiger partial charge in [0.2, 0.25) is 10.0 Å². The summed E-state index contributed by atoms with van der Waals surface area (Å²) in [5.41, 5.74) is 2.71. The molecule has 0 aliphatic carbocycles. The van der Waals surface area contributed by atoms with Crippen molar-refractivity contribution in [2.75, 3.05) is 11.9 Å². The van der Waals surface area contributed by atoms with Crippen LogP contribution >= 0.6 is 11.3 Å². The molecule has 1 aliphatic rings. The number of carbonyl (C=O) groups excluding carboxylic acids is 1. The van der Waals surface area contributed by atoms with Gasteiger partial charge in [-0.15, -0.1) is 11.3 Å². The Balaban J connectivity index is 1.39. The lowest BCUT2D eigenvalue weighted by molar-refractivity contribution is 0.102. The number of fused-ring (bicyclic) bond motifs is 1. The Labute approximate surface area is 198 Å². The van der Waals surface area contributed by atoms with Crippen molar-refractivity contribution in [3.63, 3.8) is 0 Å². The summed E-state index contributed by atoms with van der Waals surface area (Å²) in [5, 5.41) is 3.44. The van der Waals surface area contributed by atoms with E-state index < -0.39 is 10.0 Å². The van der Waals surface area contributed by atoms with Crippen molar-refractivity contribution >= 4 is 32.4 Å². The first kappa shape index (κ1) is 23.6. The number of carbonyl (C=O) groups is 1. The molecule has 1 aromatic heterocycles. The second-order valence-electron chi connectivity index (χ2n) is 8.24. The molecule has 7 nitrogen and oxygen atoms in total. The normalized spacial score (nSPS) is 15.1. The van der Waals surface area contributed by atoms with Crippen LogP contribution in [0.4, 0.5) is 5.13 Å². The largest absolute Gasteiger partial charge is 0.298 e. The number of benzene rings is 2. The lowest BCUT2D eigenvalue weighted by atomic mass is 10.1. The van der Waals surface area contributed by atoms with E-state index in [1.807, 2.05) is 19.9 Å². The van der Waals surface area contributed by atoms with Gasteiger partial charge in [-0.2, -0.15) is 0 Å². The number of thiazole rings is 1. The highest BCUT2D eigenvalue weighted by Gasteiger charge is 2.22. The van der Waals surface area contributed by atoms with Crippen LogP contribution in [0.2, 0.25) is 0 Å². The molecule has 174 valence electrons. The Morgan fingerprint density at radius 2 is 1.88 bits per heavy atom. The van der Waals surface area contributed by atoms with Crippen molar-refractivity contribution in [1.29, 1.82) is 0 Å². The minimum atomic E-state index is -3.60. The molecule has 0 spiro atoms. The number of aromatic nitrogens is 1. The SMILES string of the molecule is CCC(C)NS(=O)(=O)c1ccc(C(=O)Nc2nc3c(s2)CN(Cc2ccccc2)CC3)cc1. The van der Waals surface area contributed by atoms with Crippen molar-refractivity contribution in [3.05, 3.63) is 76.3 Å². The molecular formula is C24H28N4O3S2. The number of hydrogen-bond donors (Lipinski definition) is 2. The molecule has 0 fully saturated rings. The van der Waals surface area contributed by atoms with E-state index in [0.29, 0.717) is 17.1 Å². The van der Waals surface area contributed by atoms with Crippen molar-refractivity contribution in [2.24, 2.45) is 0 Å². The Morgan fingerprint density at radius 3 is 2.58 bits per heavy atom. The van der Waals surface area contributed by atoms with Crippen molar-refractivity contribution in [2.45, 2.75) is 50.7 Å². The summed E-state index contributed by atoms with van der Waals surface area (Å²) in [4.78, 5) is 21.0. The fraction of sp³-hybridized carbons (Fsp3) is 0.333. The van der Waals surface area contributed by atoms with Crippen LogP contribution in [0.15, 0.2) is 59.5 Å². The zero-order valence-corrected chi connectivity index (χ0v) is 20.4. The third-order valence-corrected chi connectivity index (χ3v) is 8.28. The number of anilines is 1. The van der Waals surface area contributed by atoms with Gasteiger partial charge in [-0.25, -0.2) is 18.1 Å². The highest BCUT2D eigenvalue weighted by molar-refractivity contribution is 7.89. The molecule has 4 rings (SSSR count). The predicted octanol–water partition coefficient (Wildman–Crippen LogP) is 4.03. The molecule has 2 heterocycles. The highest BCUT2D eigenvalue weighted by atomic mass is 32.2. The Morgan fingerprint density at radius 1 is 1.15 bits per heavy atom. The maximum Gasteiger partial charge on any atom is 0.257 e. The molecule has 0 radical (unpaired) electrons. The lowest BCUT2D eigenvalue weighted by Gasteiger charge is -2.25. The number of amides is 1. The maximum absolute atomic E-state index is 12.7. The second kappa shape index (κ2) is 10.1. The average Bonchev–Trinajstić information content (AvgIpc) is 3.21. The molecule has 33 heavy (non-hydrogen) atoms. The maximum atomic E-state index is 12.7. The van der Waals surface area contributed by atoms with Crippen LogP contribution in [0, 0.1) is 0 Å². The minimum Gasteiger partial charge on any atom is -0.298 e. The quantitative estimate of drug-likeness (QED) is 0.504. The van der Waals surface area contributed by atoms with Gasteiger partial charge in [-0.1, -0.05) is 37.3 Å². The van der Waals surface area contributed by atoms with E-state index in [4.69, 9.17) is 0 Å². The smallest absolute Gasteiger partial charge is 0.257 e. The average molecular weight is 485 g/mol. The Kier molecular flexibility index (Phi) is 7.23. The molecule has 3 aromatic rings. The Hall–Kier alpha value is -2.59. The monoisotopic (exact) mass is 484 g/mol. The highest BCUT2D eigenvalue weighted by Crippen LogP contribution is 2.29. The molecule has 9 heteroatoms. The van der Waals surface area contributed by atoms with Gasteiger partial charge in [0.25, 0.3) is 5.91 Å². The molecule has 1 unspecified atom stereocenters. The van der Waals surface area contributed by atoms with Crippen molar-refractivity contribution in [3.8, 4) is 0 Å². The van der Waals surface area contributed by atoms with E-state index in [-0.39, 0.29) is 16.8 Å². The molecule has 1 amide bonds. The van der Waals surface area contributed by atoms with Gasteiger partial charge >= 0.3 is 0 Å². The third-order valence-electron chi connectivity index (χ3n) is 5.68. The van der Waals surface area contributed by atoms with Crippen molar-refractivity contribution < 1.29 is 13.2 Å². The lowest BCUT2D eigenvalue weighted by Crippen LogP contribution is -2.32. The minimum absolute atomic E-state index is 0.141. The van der Waals surface area contributed by atoms with Gasteiger partial charge in [0.15, 0.2) is 5.13 Å². The Bertz CT molecular complexity index is 1210. The van der Waals surface area contributed by atoms with E-state index in [1.54, 1.807) is 0 Å². The summed E-state index contributed by atoms with van der Waals surface area (Å²) in [6, 6.07) is 16.2. The number of hydrogen-bond acceptors (Lipinski definition) is 6. The van der Waals surface area contributed by atoms with Gasteiger partial charge in [0.1, 0.15) is 0 Å². The summed E-state index contributed by atoms with van der Waals surface area (Å²) in [5.74, 6) is -0.305. The van der Waals surface area contributed by atoms with Crippen LogP contribution in [-0.4, -0.2) is 36.8 Å². The number of nitrogens with zero attached hydrogens (tertiary/aromatic N) is 2. The van der Waals surface area contributed by atoms with Gasteiger partial charge in [-0.3, -0.25) is 15.0 Å². The third kappa shape index (κ3) is 5.86. The van der Waals surface area contributed by atoms with Crippen LogP contribution in [0.1, 0.15) is 46.8 Å². The van der Waals surface area contributed by atoms with E-state index >= 15 is 0 Å². The molecular weight excluding hydrogens is 456 g/mol. The predicted molar refractivity (Wildman–Crippen MR) is 131 cm³/mol. The first-order chi connectivity index (χ1) is 15.8. The van der Waals surface area contributed by atoms with E-state index in [9.17, 15) is 13.2 Å². The fourth-order valence-electron chi connectivity index (χ4n) is 3.65. The van der Waals surface area contributed by atoms with Gasteiger partial charge in [-0.05, 0) is 43.2 Å². The van der Waals surface area contributed by atoms with Crippen LogP contribution in [0.25, 0.3) is 0 Å². The van der Waals surface area contributed by atoms with Gasteiger partial charge in [0.05, 0.1) is 10.6 Å². The molecule has 0 saturated heterocycles. The van der Waals surface area contributed by atoms with E-state index in [2.05, 4.69) is 44.2 Å². The van der Waals surface area contributed by atoms with Gasteiger partial charge < -0.3 is 0 Å². The molecule has 2 aromatic carbocycles. The summed E-state index contributed by atoms with van der Waals surface area (Å²) >= 11 is 1.50. The summed E-state index contributed by atoms with van der Waals surface area (Å²) in [6.07, 6.45) is 1.55. The van der Waals surface area contributed by atoms with Crippen LogP contribution in [-0.2, 0) is 29.5 Å². The zero-order chi connectivity index (χ0) is 23.4. The van der Waals surface area contributed by atoms with Crippen LogP contribution < -0.4 is 10.0 Å². The van der Waals surface area contributed by atoms with E-state index in [0.717, 1.165) is 31.7 Å². The second-order valence-corrected chi connectivity index (χ2v) is 11.0. The molecule has 0 saturated carbocycles. The topological polar surface area (TPSA) is 91.4 Å². The summed E-state index contributed by atoms with van der Waals surface area (Å²) in [7, 11) is -3.60. The molecule has 0 bridgehead atoms. The molecule has 1 atom stereocenters. The number of rotatable bonds is 8. The first-order valence-electron chi connectivity index (χ1n) is 11.0. The number of sulfonamides is 1. The van der Waals surface area contributed by atoms with Crippen LogP contribution in [0.5, 0.6) is 0 Å². The molecule has 1 aliphatic heterocycles. The summed E-state index contributed by atoms with van der Waals surface area (Å²) < 4.78 is 27.4. The zero-order valence-electron chi connectivity index (χ0n) is 18.7. The van der Waals surface area contributed by atoms with Crippen LogP contribution in [0.3, 0.4) is 0 Å². The van der Waals surface area contributed by atoms with Gasteiger partial charge in [0, 0.05) is 42.5 Å².